The zero-order chi connectivity index (χ0) is 14.7. The van der Waals surface area contributed by atoms with Crippen LogP contribution in [0.3, 0.4) is 0 Å². The van der Waals surface area contributed by atoms with Crippen molar-refractivity contribution in [1.82, 2.24) is 0 Å². The molecule has 0 rings (SSSR count). The van der Waals surface area contributed by atoms with E-state index in [4.69, 9.17) is 0 Å². The quantitative estimate of drug-likeness (QED) is 0.426. The van der Waals surface area contributed by atoms with Gasteiger partial charge in [-0.3, -0.25) is 0 Å². The Labute approximate surface area is 141 Å². The zero-order valence-electron chi connectivity index (χ0n) is 13.6. The van der Waals surface area contributed by atoms with Crippen molar-refractivity contribution in [3.8, 4) is 0 Å². The second-order valence-electron chi connectivity index (χ2n) is 5.00. The summed E-state index contributed by atoms with van der Waals surface area (Å²) in [7, 11) is 0.188. The molecule has 0 fully saturated rings. The molecule has 0 saturated carbocycles. The summed E-state index contributed by atoms with van der Waals surface area (Å²) in [4.78, 5) is 0. The average molecular weight is 402 g/mol. The van der Waals surface area contributed by atoms with Crippen molar-refractivity contribution >= 4 is 38.1 Å². The molecule has 0 spiro atoms. The Bertz CT molecular complexity index is 345. The molecule has 0 aliphatic rings. The van der Waals surface area contributed by atoms with Crippen LogP contribution in [0.1, 0.15) is 13.8 Å². The number of hydrogen-bond acceptors (Lipinski definition) is 0. The van der Waals surface area contributed by atoms with Crippen LogP contribution in [-0.4, -0.2) is 38.1 Å². The fraction of sp³-hybridized carbons (Fsp3) is 0.429. The predicted octanol–water partition coefficient (Wildman–Crippen LogP) is 1.43. The van der Waals surface area contributed by atoms with Gasteiger partial charge in [0.15, 0.2) is 0 Å². The first-order chi connectivity index (χ1) is 9.07. The molecule has 0 heterocycles. The van der Waals surface area contributed by atoms with Gasteiger partial charge in [-0.05, 0) is 0 Å². The van der Waals surface area contributed by atoms with E-state index < -0.39 is 23.2 Å². The van der Waals surface area contributed by atoms with Crippen LogP contribution in [0.2, 0.25) is 26.2 Å². The van der Waals surface area contributed by atoms with Gasteiger partial charge in [0.1, 0.15) is 0 Å². The minimum absolute atomic E-state index is 0.0213. The van der Waals surface area contributed by atoms with E-state index in [0.29, 0.717) is 0 Å². The summed E-state index contributed by atoms with van der Waals surface area (Å²) in [5.41, 5.74) is 0. The third-order valence-corrected chi connectivity index (χ3v) is 13.1. The third kappa shape index (κ3) is 10.1. The normalized spacial score (nSPS) is 17.4. The molecule has 0 aliphatic carbocycles. The summed E-state index contributed by atoms with van der Waals surface area (Å²) in [6.07, 6.45) is 5.05. The SMILES string of the molecule is C[SiH2]C(C)=CC(=[CH][Zr][CH]=C(C=C(C)[SiH2]C)[SiH2]C)[SiH2]C. The van der Waals surface area contributed by atoms with Crippen LogP contribution in [0.15, 0.2) is 40.5 Å². The summed E-state index contributed by atoms with van der Waals surface area (Å²) >= 11 is -0.404. The second kappa shape index (κ2) is 12.5. The molecule has 0 aromatic heterocycles. The van der Waals surface area contributed by atoms with E-state index in [1.165, 1.54) is 0 Å². The van der Waals surface area contributed by atoms with Gasteiger partial charge in [0.2, 0.25) is 0 Å². The van der Waals surface area contributed by atoms with Gasteiger partial charge in [-0.15, -0.1) is 0 Å². The molecular formula is C14H30Si4Zr. The maximum atomic E-state index is 2.65. The molecule has 0 aliphatic heterocycles. The van der Waals surface area contributed by atoms with E-state index in [9.17, 15) is 0 Å². The van der Waals surface area contributed by atoms with E-state index in [1.54, 1.807) is 20.8 Å². The fourth-order valence-corrected chi connectivity index (χ4v) is 10.7. The van der Waals surface area contributed by atoms with Crippen molar-refractivity contribution in [2.24, 2.45) is 0 Å². The molecule has 106 valence electrons. The Kier molecular flexibility index (Phi) is 12.9. The van der Waals surface area contributed by atoms with Crippen LogP contribution in [0.25, 0.3) is 0 Å². The van der Waals surface area contributed by atoms with Crippen LogP contribution < -0.4 is 0 Å². The van der Waals surface area contributed by atoms with Crippen LogP contribution in [0, 0.1) is 0 Å². The first-order valence-electron chi connectivity index (χ1n) is 7.55. The van der Waals surface area contributed by atoms with Gasteiger partial charge < -0.3 is 0 Å². The summed E-state index contributed by atoms with van der Waals surface area (Å²) in [5.74, 6) is 0. The Morgan fingerprint density at radius 1 is 0.684 bits per heavy atom. The van der Waals surface area contributed by atoms with Gasteiger partial charge in [0, 0.05) is 0 Å². The van der Waals surface area contributed by atoms with Crippen molar-refractivity contribution in [1.29, 1.82) is 0 Å². The van der Waals surface area contributed by atoms with E-state index >= 15 is 0 Å². The van der Waals surface area contributed by atoms with Gasteiger partial charge >= 0.3 is 142 Å². The van der Waals surface area contributed by atoms with Gasteiger partial charge in [0.05, 0.1) is 0 Å². The van der Waals surface area contributed by atoms with E-state index in [-0.39, 0.29) is 38.1 Å². The Balaban J connectivity index is 4.74. The van der Waals surface area contributed by atoms with Crippen molar-refractivity contribution in [3.63, 3.8) is 0 Å². The molecule has 5 heteroatoms. The van der Waals surface area contributed by atoms with E-state index in [1.807, 2.05) is 0 Å². The van der Waals surface area contributed by atoms with Crippen molar-refractivity contribution in [2.75, 3.05) is 0 Å². The standard InChI is InChI=1S/2C7H15Si2.Zr/c2*1-6(8-3)5-7(2)9-4;/h2*1,5H,8-9H2,2-4H3;. The molecule has 0 radical (unpaired) electrons. The molecule has 0 unspecified atom stereocenters. The first-order valence-corrected chi connectivity index (χ1v) is 18.9. The van der Waals surface area contributed by atoms with E-state index in [2.05, 4.69) is 59.8 Å². The summed E-state index contributed by atoms with van der Waals surface area (Å²) in [5, 5.41) is 6.83. The van der Waals surface area contributed by atoms with Gasteiger partial charge in [0.25, 0.3) is 0 Å². The Morgan fingerprint density at radius 2 is 1.05 bits per heavy atom. The predicted molar refractivity (Wildman–Crippen MR) is 101 cm³/mol. The fourth-order valence-electron chi connectivity index (χ4n) is 1.58. The van der Waals surface area contributed by atoms with Crippen molar-refractivity contribution in [2.45, 2.75) is 40.0 Å². The third-order valence-electron chi connectivity index (χ3n) is 3.33. The van der Waals surface area contributed by atoms with Crippen molar-refractivity contribution in [3.05, 3.63) is 40.5 Å². The Hall–Kier alpha value is 0.711. The van der Waals surface area contributed by atoms with Crippen LogP contribution in [-0.2, 0) is 23.2 Å². The molecule has 0 aromatic rings. The van der Waals surface area contributed by atoms with E-state index in [0.717, 1.165) is 0 Å². The van der Waals surface area contributed by atoms with Crippen LogP contribution in [0.5, 0.6) is 0 Å². The number of rotatable bonds is 8. The summed E-state index contributed by atoms with van der Waals surface area (Å²) in [6.45, 7) is 14.3. The average Bonchev–Trinajstić information content (AvgIpc) is 2.44. The van der Waals surface area contributed by atoms with Gasteiger partial charge in [-0.25, -0.2) is 0 Å². The zero-order valence-corrected chi connectivity index (χ0v) is 21.8. The molecule has 0 atom stereocenters. The molecule has 0 bridgehead atoms. The molecular weight excluding hydrogens is 372 g/mol. The summed E-state index contributed by atoms with van der Waals surface area (Å²) in [6, 6.07) is 0. The van der Waals surface area contributed by atoms with Crippen LogP contribution >= 0.6 is 0 Å². The van der Waals surface area contributed by atoms with Gasteiger partial charge in [-0.1, -0.05) is 0 Å². The molecule has 19 heavy (non-hydrogen) atoms. The molecule has 0 nitrogen and oxygen atoms in total. The second-order valence-corrected chi connectivity index (χ2v) is 13.9. The minimum atomic E-state index is -0.404. The molecule has 0 N–H and O–H groups in total. The Morgan fingerprint density at radius 3 is 1.32 bits per heavy atom. The van der Waals surface area contributed by atoms with Crippen molar-refractivity contribution < 1.29 is 23.2 Å². The molecule has 0 amide bonds. The first kappa shape index (κ1) is 19.7. The van der Waals surface area contributed by atoms with Crippen LogP contribution in [0.4, 0.5) is 0 Å². The summed E-state index contributed by atoms with van der Waals surface area (Å²) < 4.78 is 5.31. The number of hydrogen-bond donors (Lipinski definition) is 0. The monoisotopic (exact) mass is 400 g/mol. The maximum absolute atomic E-state index is 2.65. The molecule has 0 aromatic carbocycles. The number of allylic oxidation sites excluding steroid dienone is 6. The topological polar surface area (TPSA) is 0 Å². The van der Waals surface area contributed by atoms with Gasteiger partial charge in [-0.2, -0.15) is 0 Å². The molecule has 0 saturated heterocycles.